The molecular weight excluding hydrogens is 210 g/mol. The van der Waals surface area contributed by atoms with E-state index in [0.29, 0.717) is 13.1 Å². The second kappa shape index (κ2) is 6.28. The van der Waals surface area contributed by atoms with E-state index in [9.17, 15) is 8.42 Å². The average molecular weight is 233 g/mol. The van der Waals surface area contributed by atoms with Crippen molar-refractivity contribution in [2.24, 2.45) is 5.92 Å². The van der Waals surface area contributed by atoms with Gasteiger partial charge in [0.05, 0.1) is 10.5 Å². The lowest BCUT2D eigenvalue weighted by Crippen LogP contribution is -2.38. The van der Waals surface area contributed by atoms with Gasteiger partial charge in [-0.05, 0) is 19.8 Å². The minimum absolute atomic E-state index is 0.164. The van der Waals surface area contributed by atoms with Crippen molar-refractivity contribution in [3.8, 4) is 0 Å². The highest BCUT2D eigenvalue weighted by molar-refractivity contribution is 7.92. The van der Waals surface area contributed by atoms with Crippen molar-refractivity contribution in [1.82, 2.24) is 5.32 Å². The van der Waals surface area contributed by atoms with Crippen molar-refractivity contribution in [3.05, 3.63) is 12.7 Å². The molecule has 0 radical (unpaired) electrons. The van der Waals surface area contributed by atoms with Crippen LogP contribution in [0.2, 0.25) is 0 Å². The fourth-order valence-electron chi connectivity index (χ4n) is 1.25. The molecule has 0 spiro atoms. The molecule has 2 atom stereocenters. The first-order valence-corrected chi connectivity index (χ1v) is 6.99. The maximum Gasteiger partial charge on any atom is 0.156 e. The molecule has 90 valence electrons. The van der Waals surface area contributed by atoms with E-state index in [2.05, 4.69) is 11.9 Å². The standard InChI is InChI=1S/C11H23NO2S/c1-6-7-12-8-10(4)15(13,14)11(5)9(2)3/h6,9-12H,1,7-8H2,2-5H3. The lowest BCUT2D eigenvalue weighted by Gasteiger charge is -2.21. The molecule has 0 aliphatic carbocycles. The predicted octanol–water partition coefficient (Wildman–Crippen LogP) is 1.61. The highest BCUT2D eigenvalue weighted by atomic mass is 32.2. The van der Waals surface area contributed by atoms with E-state index < -0.39 is 9.84 Å². The first kappa shape index (κ1) is 14.6. The molecule has 1 N–H and O–H groups in total. The molecule has 3 nitrogen and oxygen atoms in total. The maximum atomic E-state index is 12.0. The van der Waals surface area contributed by atoms with Crippen LogP contribution in [0.1, 0.15) is 27.7 Å². The Bertz CT molecular complexity index is 283. The van der Waals surface area contributed by atoms with Crippen molar-refractivity contribution < 1.29 is 8.42 Å². The molecule has 0 aliphatic heterocycles. The Morgan fingerprint density at radius 3 is 2.20 bits per heavy atom. The topological polar surface area (TPSA) is 46.2 Å². The van der Waals surface area contributed by atoms with Crippen LogP contribution >= 0.6 is 0 Å². The smallest absolute Gasteiger partial charge is 0.156 e. The molecule has 0 rings (SSSR count). The summed E-state index contributed by atoms with van der Waals surface area (Å²) < 4.78 is 24.0. The summed E-state index contributed by atoms with van der Waals surface area (Å²) in [5, 5.41) is 2.42. The van der Waals surface area contributed by atoms with Crippen LogP contribution in [0.15, 0.2) is 12.7 Å². The van der Waals surface area contributed by atoms with E-state index in [0.717, 1.165) is 0 Å². The third kappa shape index (κ3) is 4.34. The Balaban J connectivity index is 4.38. The van der Waals surface area contributed by atoms with Gasteiger partial charge in [-0.2, -0.15) is 0 Å². The summed E-state index contributed by atoms with van der Waals surface area (Å²) in [4.78, 5) is 0. The second-order valence-corrected chi connectivity index (χ2v) is 7.02. The predicted molar refractivity (Wildman–Crippen MR) is 65.7 cm³/mol. The summed E-state index contributed by atoms with van der Waals surface area (Å²) >= 11 is 0. The van der Waals surface area contributed by atoms with Crippen LogP contribution < -0.4 is 5.32 Å². The minimum atomic E-state index is -3.02. The highest BCUT2D eigenvalue weighted by Gasteiger charge is 2.29. The number of rotatable bonds is 7. The van der Waals surface area contributed by atoms with Gasteiger partial charge in [-0.25, -0.2) is 8.42 Å². The third-order valence-corrected chi connectivity index (χ3v) is 5.61. The van der Waals surface area contributed by atoms with Crippen molar-refractivity contribution in [3.63, 3.8) is 0 Å². The van der Waals surface area contributed by atoms with Crippen LogP contribution in [0.4, 0.5) is 0 Å². The Morgan fingerprint density at radius 2 is 1.80 bits per heavy atom. The molecule has 4 heteroatoms. The SMILES string of the molecule is C=CCNCC(C)S(=O)(=O)C(C)C(C)C. The van der Waals surface area contributed by atoms with E-state index in [1.807, 2.05) is 13.8 Å². The first-order chi connectivity index (χ1) is 6.84. The van der Waals surface area contributed by atoms with Crippen LogP contribution in [-0.2, 0) is 9.84 Å². The van der Waals surface area contributed by atoms with E-state index in [1.54, 1.807) is 19.9 Å². The molecule has 0 aromatic heterocycles. The van der Waals surface area contributed by atoms with Gasteiger partial charge in [-0.3, -0.25) is 0 Å². The average Bonchev–Trinajstić information content (AvgIpc) is 2.16. The largest absolute Gasteiger partial charge is 0.312 e. The normalized spacial score (nSPS) is 16.3. The van der Waals surface area contributed by atoms with E-state index in [4.69, 9.17) is 0 Å². The molecule has 0 saturated heterocycles. The van der Waals surface area contributed by atoms with E-state index >= 15 is 0 Å². The molecule has 0 heterocycles. The summed E-state index contributed by atoms with van der Waals surface area (Å²) in [6, 6.07) is 0. The summed E-state index contributed by atoms with van der Waals surface area (Å²) in [7, 11) is -3.02. The van der Waals surface area contributed by atoms with Crippen LogP contribution in [0, 0.1) is 5.92 Å². The molecule has 0 saturated carbocycles. The quantitative estimate of drug-likeness (QED) is 0.537. The zero-order valence-electron chi connectivity index (χ0n) is 10.2. The molecular formula is C11H23NO2S. The van der Waals surface area contributed by atoms with Gasteiger partial charge in [0.2, 0.25) is 0 Å². The monoisotopic (exact) mass is 233 g/mol. The zero-order valence-corrected chi connectivity index (χ0v) is 11.0. The van der Waals surface area contributed by atoms with Crippen molar-refractivity contribution in [1.29, 1.82) is 0 Å². The molecule has 0 aromatic carbocycles. The van der Waals surface area contributed by atoms with Crippen molar-refractivity contribution >= 4 is 9.84 Å². The first-order valence-electron chi connectivity index (χ1n) is 5.38. The molecule has 0 bridgehead atoms. The van der Waals surface area contributed by atoms with Crippen LogP contribution in [0.25, 0.3) is 0 Å². The van der Waals surface area contributed by atoms with Gasteiger partial charge in [0, 0.05) is 13.1 Å². The Kier molecular flexibility index (Phi) is 6.13. The van der Waals surface area contributed by atoms with Gasteiger partial charge in [0.25, 0.3) is 0 Å². The van der Waals surface area contributed by atoms with E-state index in [1.165, 1.54) is 0 Å². The molecule has 15 heavy (non-hydrogen) atoms. The molecule has 0 amide bonds. The van der Waals surface area contributed by atoms with Crippen LogP contribution in [0.5, 0.6) is 0 Å². The number of sulfone groups is 1. The zero-order chi connectivity index (χ0) is 12.1. The van der Waals surface area contributed by atoms with Gasteiger partial charge in [-0.15, -0.1) is 6.58 Å². The lowest BCUT2D eigenvalue weighted by atomic mass is 10.2. The molecule has 0 aromatic rings. The maximum absolute atomic E-state index is 12.0. The van der Waals surface area contributed by atoms with Crippen LogP contribution in [-0.4, -0.2) is 32.0 Å². The molecule has 2 unspecified atom stereocenters. The van der Waals surface area contributed by atoms with Gasteiger partial charge in [-0.1, -0.05) is 19.9 Å². The Labute approximate surface area is 93.9 Å². The number of hydrogen-bond acceptors (Lipinski definition) is 3. The summed E-state index contributed by atoms with van der Waals surface area (Å²) in [6.45, 7) is 12.1. The molecule has 0 fully saturated rings. The fraction of sp³-hybridized carbons (Fsp3) is 0.818. The van der Waals surface area contributed by atoms with Crippen molar-refractivity contribution in [2.75, 3.05) is 13.1 Å². The van der Waals surface area contributed by atoms with Crippen LogP contribution in [0.3, 0.4) is 0 Å². The summed E-state index contributed by atoms with van der Waals surface area (Å²) in [5.74, 6) is 0.164. The fourth-order valence-corrected chi connectivity index (χ4v) is 3.09. The van der Waals surface area contributed by atoms with Crippen molar-refractivity contribution in [2.45, 2.75) is 38.2 Å². The van der Waals surface area contributed by atoms with Gasteiger partial charge in [0.15, 0.2) is 9.84 Å². The van der Waals surface area contributed by atoms with Gasteiger partial charge < -0.3 is 5.32 Å². The van der Waals surface area contributed by atoms with Gasteiger partial charge >= 0.3 is 0 Å². The Morgan fingerprint density at radius 1 is 1.27 bits per heavy atom. The summed E-state index contributed by atoms with van der Waals surface area (Å²) in [5.41, 5.74) is 0. The number of hydrogen-bond donors (Lipinski definition) is 1. The molecule has 0 aliphatic rings. The highest BCUT2D eigenvalue weighted by Crippen LogP contribution is 2.16. The Hall–Kier alpha value is -0.350. The summed E-state index contributed by atoms with van der Waals surface area (Å²) in [6.07, 6.45) is 1.73. The lowest BCUT2D eigenvalue weighted by molar-refractivity contribution is 0.530. The van der Waals surface area contributed by atoms with E-state index in [-0.39, 0.29) is 16.4 Å². The van der Waals surface area contributed by atoms with Gasteiger partial charge in [0.1, 0.15) is 0 Å². The number of nitrogens with one attached hydrogen (secondary N) is 1. The minimum Gasteiger partial charge on any atom is -0.312 e. The third-order valence-electron chi connectivity index (χ3n) is 2.74. The second-order valence-electron chi connectivity index (χ2n) is 4.30.